The van der Waals surface area contributed by atoms with E-state index in [0.717, 1.165) is 6.08 Å². The van der Waals surface area contributed by atoms with E-state index in [9.17, 15) is 9.59 Å². The Bertz CT molecular complexity index is 944. The average Bonchev–Trinajstić information content (AvgIpc) is 3.10. The molecule has 0 bridgehead atoms. The van der Waals surface area contributed by atoms with E-state index in [1.165, 1.54) is 12.1 Å². The third-order valence-corrected chi connectivity index (χ3v) is 3.33. The molecule has 1 heterocycles. The number of carbonyl (C=O) groups is 2. The lowest BCUT2D eigenvalue weighted by atomic mass is 10.2. The van der Waals surface area contributed by atoms with Crippen LogP contribution in [-0.2, 0) is 4.79 Å². The van der Waals surface area contributed by atoms with Crippen molar-refractivity contribution in [2.45, 2.75) is 0 Å². The molecule has 0 aliphatic rings. The van der Waals surface area contributed by atoms with Gasteiger partial charge in [0.25, 0.3) is 11.9 Å². The van der Waals surface area contributed by atoms with Gasteiger partial charge < -0.3 is 19.6 Å². The third-order valence-electron chi connectivity index (χ3n) is 3.33. The largest absolute Gasteiger partial charge is 0.478 e. The molecule has 6 heteroatoms. The molecule has 2 N–H and O–H groups in total. The lowest BCUT2D eigenvalue weighted by Crippen LogP contribution is -2.10. The quantitative estimate of drug-likeness (QED) is 0.643. The number of hydrogen-bond donors (Lipinski definition) is 2. The number of anilines is 1. The molecule has 0 saturated carbocycles. The number of aliphatic carboxylic acids is 1. The van der Waals surface area contributed by atoms with Crippen molar-refractivity contribution in [2.75, 3.05) is 5.32 Å². The van der Waals surface area contributed by atoms with Crippen LogP contribution >= 0.6 is 0 Å². The maximum Gasteiger partial charge on any atom is 0.328 e. The van der Waals surface area contributed by atoms with Crippen LogP contribution in [0.5, 0.6) is 11.7 Å². The molecular weight excluding hydrogens is 334 g/mol. The van der Waals surface area contributed by atoms with Crippen molar-refractivity contribution in [3.63, 3.8) is 0 Å². The van der Waals surface area contributed by atoms with E-state index in [1.54, 1.807) is 42.5 Å². The number of benzene rings is 2. The SMILES string of the molecule is O=C(O)C=Cc1cccc(NC(=O)c2ccc(Oc3ccccc3)o2)c1. The zero-order chi connectivity index (χ0) is 18.4. The van der Waals surface area contributed by atoms with Gasteiger partial charge in [-0.1, -0.05) is 30.3 Å². The number of nitrogens with one attached hydrogen (secondary N) is 1. The summed E-state index contributed by atoms with van der Waals surface area (Å²) in [5.74, 6) is -0.568. The molecule has 6 nitrogen and oxygen atoms in total. The summed E-state index contributed by atoms with van der Waals surface area (Å²) in [6.07, 6.45) is 2.47. The molecule has 0 atom stereocenters. The van der Waals surface area contributed by atoms with Crippen molar-refractivity contribution in [2.24, 2.45) is 0 Å². The number of furan rings is 1. The Morgan fingerprint density at radius 3 is 2.58 bits per heavy atom. The standard InChI is InChI=1S/C20H15NO5/c22-18(23)11-9-14-5-4-6-15(13-14)21-20(24)17-10-12-19(26-17)25-16-7-2-1-3-8-16/h1-13H,(H,21,24)(H,22,23). The molecule has 0 aliphatic carbocycles. The normalized spacial score (nSPS) is 10.6. The number of carbonyl (C=O) groups excluding carboxylic acids is 1. The van der Waals surface area contributed by atoms with E-state index >= 15 is 0 Å². The number of amides is 1. The van der Waals surface area contributed by atoms with Crippen molar-refractivity contribution in [1.29, 1.82) is 0 Å². The Hall–Kier alpha value is -3.80. The van der Waals surface area contributed by atoms with E-state index in [2.05, 4.69) is 5.32 Å². The van der Waals surface area contributed by atoms with E-state index in [0.29, 0.717) is 17.0 Å². The first-order chi connectivity index (χ1) is 12.6. The van der Waals surface area contributed by atoms with Crippen LogP contribution in [0.1, 0.15) is 16.1 Å². The molecule has 1 aromatic heterocycles. The van der Waals surface area contributed by atoms with Crippen molar-refractivity contribution < 1.29 is 23.8 Å². The lowest BCUT2D eigenvalue weighted by Gasteiger charge is -2.04. The summed E-state index contributed by atoms with van der Waals surface area (Å²) in [6.45, 7) is 0. The summed E-state index contributed by atoms with van der Waals surface area (Å²) in [7, 11) is 0. The van der Waals surface area contributed by atoms with E-state index in [1.807, 2.05) is 18.2 Å². The molecule has 0 saturated heterocycles. The molecule has 0 radical (unpaired) electrons. The second-order valence-corrected chi connectivity index (χ2v) is 5.28. The van der Waals surface area contributed by atoms with Crippen molar-refractivity contribution in [3.8, 4) is 11.7 Å². The summed E-state index contributed by atoms with van der Waals surface area (Å²) in [4.78, 5) is 22.9. The number of para-hydroxylation sites is 1. The van der Waals surface area contributed by atoms with Crippen LogP contribution in [0, 0.1) is 0 Å². The van der Waals surface area contributed by atoms with Gasteiger partial charge in [-0.3, -0.25) is 4.79 Å². The first-order valence-corrected chi connectivity index (χ1v) is 7.75. The van der Waals surface area contributed by atoms with Gasteiger partial charge in [0.2, 0.25) is 0 Å². The topological polar surface area (TPSA) is 88.8 Å². The molecule has 1 amide bonds. The number of ether oxygens (including phenoxy) is 1. The molecule has 2 aromatic carbocycles. The smallest absolute Gasteiger partial charge is 0.328 e. The van der Waals surface area contributed by atoms with Crippen molar-refractivity contribution in [3.05, 3.63) is 84.1 Å². The molecule has 0 aliphatic heterocycles. The molecule has 3 aromatic rings. The first kappa shape index (κ1) is 17.0. The number of carboxylic acids is 1. The fourth-order valence-corrected chi connectivity index (χ4v) is 2.18. The summed E-state index contributed by atoms with van der Waals surface area (Å²) in [5.41, 5.74) is 1.17. The Labute approximate surface area is 149 Å². The maximum absolute atomic E-state index is 12.3. The molecule has 0 unspecified atom stereocenters. The van der Waals surface area contributed by atoms with Crippen LogP contribution in [0.25, 0.3) is 6.08 Å². The minimum atomic E-state index is -1.04. The summed E-state index contributed by atoms with van der Waals surface area (Å²) in [6, 6.07) is 19.0. The van der Waals surface area contributed by atoms with Gasteiger partial charge in [0.05, 0.1) is 0 Å². The Balaban J connectivity index is 1.67. The van der Waals surface area contributed by atoms with E-state index < -0.39 is 11.9 Å². The molecule has 3 rings (SSSR count). The minimum Gasteiger partial charge on any atom is -0.478 e. The fraction of sp³-hybridized carbons (Fsp3) is 0. The maximum atomic E-state index is 12.3. The van der Waals surface area contributed by atoms with Gasteiger partial charge in [-0.25, -0.2) is 4.79 Å². The third kappa shape index (κ3) is 4.61. The van der Waals surface area contributed by atoms with Crippen LogP contribution in [0.4, 0.5) is 5.69 Å². The number of carboxylic acid groups (broad SMARTS) is 1. The van der Waals surface area contributed by atoms with Gasteiger partial charge in [-0.2, -0.15) is 0 Å². The van der Waals surface area contributed by atoms with Gasteiger partial charge in [0.1, 0.15) is 5.75 Å². The van der Waals surface area contributed by atoms with Crippen molar-refractivity contribution in [1.82, 2.24) is 0 Å². The first-order valence-electron chi connectivity index (χ1n) is 7.75. The molecule has 26 heavy (non-hydrogen) atoms. The fourth-order valence-electron chi connectivity index (χ4n) is 2.18. The van der Waals surface area contributed by atoms with Crippen LogP contribution in [0.3, 0.4) is 0 Å². The highest BCUT2D eigenvalue weighted by atomic mass is 16.6. The monoisotopic (exact) mass is 349 g/mol. The molecular formula is C20H15NO5. The van der Waals surface area contributed by atoms with Gasteiger partial charge >= 0.3 is 5.97 Å². The Kier molecular flexibility index (Phi) is 5.14. The molecule has 0 fully saturated rings. The predicted molar refractivity (Wildman–Crippen MR) is 96.3 cm³/mol. The highest BCUT2D eigenvalue weighted by Crippen LogP contribution is 2.24. The highest BCUT2D eigenvalue weighted by molar-refractivity contribution is 6.02. The Morgan fingerprint density at radius 2 is 1.81 bits per heavy atom. The predicted octanol–water partition coefficient (Wildman–Crippen LogP) is 4.42. The van der Waals surface area contributed by atoms with Gasteiger partial charge in [0, 0.05) is 17.8 Å². The zero-order valence-corrected chi connectivity index (χ0v) is 13.6. The summed E-state index contributed by atoms with van der Waals surface area (Å²) < 4.78 is 10.9. The van der Waals surface area contributed by atoms with E-state index in [-0.39, 0.29) is 11.7 Å². The molecule has 0 spiro atoms. The molecule has 130 valence electrons. The van der Waals surface area contributed by atoms with Crippen LogP contribution in [-0.4, -0.2) is 17.0 Å². The summed E-state index contributed by atoms with van der Waals surface area (Å²) >= 11 is 0. The van der Waals surface area contributed by atoms with Crippen LogP contribution < -0.4 is 10.1 Å². The van der Waals surface area contributed by atoms with Gasteiger partial charge in [-0.05, 0) is 42.0 Å². The summed E-state index contributed by atoms with van der Waals surface area (Å²) in [5, 5.41) is 11.4. The Morgan fingerprint density at radius 1 is 1.00 bits per heavy atom. The minimum absolute atomic E-state index is 0.0995. The van der Waals surface area contributed by atoms with E-state index in [4.69, 9.17) is 14.3 Å². The van der Waals surface area contributed by atoms with Crippen LogP contribution in [0.15, 0.2) is 77.2 Å². The zero-order valence-electron chi connectivity index (χ0n) is 13.6. The van der Waals surface area contributed by atoms with Crippen molar-refractivity contribution >= 4 is 23.6 Å². The average molecular weight is 349 g/mol. The van der Waals surface area contributed by atoms with Crippen LogP contribution in [0.2, 0.25) is 0 Å². The second kappa shape index (κ2) is 7.85. The lowest BCUT2D eigenvalue weighted by molar-refractivity contribution is -0.131. The second-order valence-electron chi connectivity index (χ2n) is 5.28. The van der Waals surface area contributed by atoms with Gasteiger partial charge in [-0.15, -0.1) is 0 Å². The highest BCUT2D eigenvalue weighted by Gasteiger charge is 2.12. The number of hydrogen-bond acceptors (Lipinski definition) is 4. The van der Waals surface area contributed by atoms with Gasteiger partial charge in [0.15, 0.2) is 5.76 Å². The number of rotatable bonds is 6.